The van der Waals surface area contributed by atoms with Gasteiger partial charge in [0, 0.05) is 11.2 Å². The highest BCUT2D eigenvalue weighted by Gasteiger charge is 2.36. The van der Waals surface area contributed by atoms with Crippen molar-refractivity contribution in [3.05, 3.63) is 29.8 Å². The molecule has 0 atom stereocenters. The van der Waals surface area contributed by atoms with Crippen LogP contribution >= 0.6 is 0 Å². The molecule has 17 heavy (non-hydrogen) atoms. The van der Waals surface area contributed by atoms with Crippen LogP contribution < -0.4 is 11.1 Å². The van der Waals surface area contributed by atoms with Crippen molar-refractivity contribution in [1.29, 1.82) is 0 Å². The zero-order valence-electron chi connectivity index (χ0n) is 10.3. The van der Waals surface area contributed by atoms with Gasteiger partial charge in [-0.3, -0.25) is 4.79 Å². The molecule has 0 aromatic heterocycles. The van der Waals surface area contributed by atoms with Crippen molar-refractivity contribution in [1.82, 2.24) is 5.32 Å². The molecule has 0 saturated heterocycles. The van der Waals surface area contributed by atoms with E-state index in [0.29, 0.717) is 12.1 Å². The predicted molar refractivity (Wildman–Crippen MR) is 69.6 cm³/mol. The monoisotopic (exact) mass is 232 g/mol. The van der Waals surface area contributed by atoms with Crippen LogP contribution in [0.25, 0.3) is 0 Å². The average Bonchev–Trinajstić information content (AvgIpc) is 2.27. The lowest BCUT2D eigenvalue weighted by molar-refractivity contribution is -0.123. The summed E-state index contributed by atoms with van der Waals surface area (Å²) >= 11 is 0. The fraction of sp³-hybridized carbons (Fsp3) is 0.500. The summed E-state index contributed by atoms with van der Waals surface area (Å²) in [5, 5.41) is 3.16. The summed E-state index contributed by atoms with van der Waals surface area (Å²) < 4.78 is 0. The number of para-hydroxylation sites is 1. The SMILES string of the molecule is CCC1(NC(=O)Cc2ccccc2N)CCC1. The first-order valence-corrected chi connectivity index (χ1v) is 6.30. The van der Waals surface area contributed by atoms with Gasteiger partial charge in [-0.2, -0.15) is 0 Å². The molecule has 3 heteroatoms. The fourth-order valence-corrected chi connectivity index (χ4v) is 2.38. The van der Waals surface area contributed by atoms with Crippen LogP contribution in [0.1, 0.15) is 38.2 Å². The Hall–Kier alpha value is -1.51. The third kappa shape index (κ3) is 2.60. The second kappa shape index (κ2) is 4.78. The number of anilines is 1. The fourth-order valence-electron chi connectivity index (χ4n) is 2.38. The minimum absolute atomic E-state index is 0.0701. The Morgan fingerprint density at radius 1 is 1.41 bits per heavy atom. The van der Waals surface area contributed by atoms with Gasteiger partial charge in [0.1, 0.15) is 0 Å². The largest absolute Gasteiger partial charge is 0.398 e. The third-order valence-corrected chi connectivity index (χ3v) is 3.80. The molecule has 0 spiro atoms. The van der Waals surface area contributed by atoms with E-state index >= 15 is 0 Å². The molecular weight excluding hydrogens is 212 g/mol. The summed E-state index contributed by atoms with van der Waals surface area (Å²) in [6, 6.07) is 7.55. The molecule has 1 aromatic carbocycles. The molecule has 1 fully saturated rings. The molecule has 1 aliphatic carbocycles. The van der Waals surface area contributed by atoms with Crippen LogP contribution in [0.2, 0.25) is 0 Å². The Bertz CT molecular complexity index is 405. The predicted octanol–water partition coefficient (Wildman–Crippen LogP) is 2.26. The number of hydrogen-bond acceptors (Lipinski definition) is 2. The maximum Gasteiger partial charge on any atom is 0.224 e. The summed E-state index contributed by atoms with van der Waals surface area (Å²) in [5.74, 6) is 0.0875. The minimum Gasteiger partial charge on any atom is -0.398 e. The summed E-state index contributed by atoms with van der Waals surface area (Å²) in [6.07, 6.45) is 4.85. The van der Waals surface area contributed by atoms with Gasteiger partial charge in [0.15, 0.2) is 0 Å². The van der Waals surface area contributed by atoms with E-state index in [-0.39, 0.29) is 11.4 Å². The van der Waals surface area contributed by atoms with Crippen molar-refractivity contribution in [2.24, 2.45) is 0 Å². The van der Waals surface area contributed by atoms with Gasteiger partial charge in [0.2, 0.25) is 5.91 Å². The summed E-state index contributed by atoms with van der Waals surface area (Å²) in [5.41, 5.74) is 7.51. The van der Waals surface area contributed by atoms with E-state index in [4.69, 9.17) is 5.73 Å². The van der Waals surface area contributed by atoms with E-state index < -0.39 is 0 Å². The van der Waals surface area contributed by atoms with Crippen molar-refractivity contribution < 1.29 is 4.79 Å². The number of hydrogen-bond donors (Lipinski definition) is 2. The standard InChI is InChI=1S/C14H20N2O/c1-2-14(8-5-9-14)16-13(17)10-11-6-3-4-7-12(11)15/h3-4,6-7H,2,5,8-10,15H2,1H3,(H,16,17). The van der Waals surface area contributed by atoms with Crippen LogP contribution in [0, 0.1) is 0 Å². The third-order valence-electron chi connectivity index (χ3n) is 3.80. The number of nitrogens with one attached hydrogen (secondary N) is 1. The molecular formula is C14H20N2O. The van der Waals surface area contributed by atoms with Crippen LogP contribution in [-0.4, -0.2) is 11.4 Å². The van der Waals surface area contributed by atoms with E-state index in [9.17, 15) is 4.79 Å². The normalized spacial score (nSPS) is 17.2. The minimum atomic E-state index is 0.0701. The lowest BCUT2D eigenvalue weighted by Crippen LogP contribution is -2.53. The zero-order chi connectivity index (χ0) is 12.3. The first kappa shape index (κ1) is 12.0. The highest BCUT2D eigenvalue weighted by Crippen LogP contribution is 2.34. The lowest BCUT2D eigenvalue weighted by Gasteiger charge is -2.42. The molecule has 0 unspecified atom stereocenters. The van der Waals surface area contributed by atoms with E-state index in [1.54, 1.807) is 0 Å². The maximum absolute atomic E-state index is 12.0. The highest BCUT2D eigenvalue weighted by molar-refractivity contribution is 5.81. The summed E-state index contributed by atoms with van der Waals surface area (Å²) in [4.78, 5) is 12.0. The number of benzene rings is 1. The first-order valence-electron chi connectivity index (χ1n) is 6.30. The van der Waals surface area contributed by atoms with Crippen LogP contribution in [0.4, 0.5) is 5.69 Å². The van der Waals surface area contributed by atoms with Crippen LogP contribution in [0.3, 0.4) is 0 Å². The molecule has 0 radical (unpaired) electrons. The molecule has 3 nitrogen and oxygen atoms in total. The van der Waals surface area contributed by atoms with Gasteiger partial charge in [-0.15, -0.1) is 0 Å². The van der Waals surface area contributed by atoms with Gasteiger partial charge in [-0.05, 0) is 37.3 Å². The Kier molecular flexibility index (Phi) is 3.36. The Balaban J connectivity index is 1.96. The average molecular weight is 232 g/mol. The van der Waals surface area contributed by atoms with Crippen molar-refractivity contribution in [2.75, 3.05) is 5.73 Å². The molecule has 1 aromatic rings. The molecule has 1 aliphatic rings. The number of amides is 1. The number of nitrogens with two attached hydrogens (primary N) is 1. The van der Waals surface area contributed by atoms with Crippen LogP contribution in [0.15, 0.2) is 24.3 Å². The van der Waals surface area contributed by atoms with Gasteiger partial charge in [-0.1, -0.05) is 25.1 Å². The van der Waals surface area contributed by atoms with Crippen molar-refractivity contribution >= 4 is 11.6 Å². The van der Waals surface area contributed by atoms with Gasteiger partial charge in [0.25, 0.3) is 0 Å². The highest BCUT2D eigenvalue weighted by atomic mass is 16.1. The summed E-state index contributed by atoms with van der Waals surface area (Å²) in [7, 11) is 0. The maximum atomic E-state index is 12.0. The van der Waals surface area contributed by atoms with E-state index in [0.717, 1.165) is 24.8 Å². The van der Waals surface area contributed by atoms with Crippen LogP contribution in [-0.2, 0) is 11.2 Å². The lowest BCUT2D eigenvalue weighted by atomic mass is 9.75. The molecule has 2 rings (SSSR count). The molecule has 3 N–H and O–H groups in total. The molecule has 92 valence electrons. The number of carbonyl (C=O) groups is 1. The number of rotatable bonds is 4. The Morgan fingerprint density at radius 2 is 2.12 bits per heavy atom. The van der Waals surface area contributed by atoms with Crippen molar-refractivity contribution in [2.45, 2.75) is 44.6 Å². The Labute approximate surface area is 102 Å². The molecule has 0 bridgehead atoms. The second-order valence-electron chi connectivity index (χ2n) is 4.91. The van der Waals surface area contributed by atoms with Crippen LogP contribution in [0.5, 0.6) is 0 Å². The smallest absolute Gasteiger partial charge is 0.224 e. The second-order valence-corrected chi connectivity index (χ2v) is 4.91. The van der Waals surface area contributed by atoms with Crippen molar-refractivity contribution in [3.8, 4) is 0 Å². The van der Waals surface area contributed by atoms with Gasteiger partial charge in [0.05, 0.1) is 6.42 Å². The number of carbonyl (C=O) groups excluding carboxylic acids is 1. The molecule has 1 saturated carbocycles. The quantitative estimate of drug-likeness (QED) is 0.782. The van der Waals surface area contributed by atoms with Gasteiger partial charge in [-0.25, -0.2) is 0 Å². The topological polar surface area (TPSA) is 55.1 Å². The zero-order valence-corrected chi connectivity index (χ0v) is 10.3. The van der Waals surface area contributed by atoms with E-state index in [1.807, 2.05) is 24.3 Å². The van der Waals surface area contributed by atoms with Crippen molar-refractivity contribution in [3.63, 3.8) is 0 Å². The van der Waals surface area contributed by atoms with E-state index in [1.165, 1.54) is 6.42 Å². The van der Waals surface area contributed by atoms with E-state index in [2.05, 4.69) is 12.2 Å². The first-order chi connectivity index (χ1) is 8.15. The molecule has 0 heterocycles. The van der Waals surface area contributed by atoms with Gasteiger partial charge < -0.3 is 11.1 Å². The number of nitrogen functional groups attached to an aromatic ring is 1. The summed E-state index contributed by atoms with van der Waals surface area (Å²) in [6.45, 7) is 2.14. The molecule has 0 aliphatic heterocycles. The Morgan fingerprint density at radius 3 is 2.65 bits per heavy atom. The van der Waals surface area contributed by atoms with Gasteiger partial charge >= 0.3 is 0 Å². The molecule has 1 amide bonds.